The molecule has 8 rings (SSSR count). The van der Waals surface area contributed by atoms with Crippen LogP contribution in [0.25, 0.3) is 0 Å². The van der Waals surface area contributed by atoms with Crippen LogP contribution in [0.2, 0.25) is 0 Å². The number of carbonyl (C=O) groups excluding carboxylic acids is 1. The predicted molar refractivity (Wildman–Crippen MR) is 169 cm³/mol. The third-order valence-corrected chi connectivity index (χ3v) is 12.7. The maximum atomic E-state index is 16.1. The van der Waals surface area contributed by atoms with Gasteiger partial charge < -0.3 is 0 Å². The molecule has 0 saturated heterocycles. The number of ketones is 1. The van der Waals surface area contributed by atoms with Crippen molar-refractivity contribution in [1.29, 1.82) is 0 Å². The van der Waals surface area contributed by atoms with Crippen LogP contribution in [0.4, 0.5) is 32.0 Å². The standard InChI is InChI=1S/C35H31F6N5O3S/c1-32-19-34(37,38)21-12-13-42-28(14-21)31(47)33-16-25(46(24-8-9-24)50(48,49)26-10-11-30(43-18-26)35(39,40)41)5-2-20(33)15-29(27(32)17-33)45(44-32)23-6-3-22(36)4-7-23/h3-4,6-7,10-15,18,24-25,44H,2,5,8-9,16-17,19H2,1H3/t25-,32?,33+/m0/s1. The first-order chi connectivity index (χ1) is 23.5. The number of carbonyl (C=O) groups is 1. The number of fused-ring (bicyclic) bond motifs is 2. The van der Waals surface area contributed by atoms with E-state index in [9.17, 15) is 30.8 Å². The highest BCUT2D eigenvalue weighted by Gasteiger charge is 2.59. The second-order valence-electron chi connectivity index (χ2n) is 14.0. The van der Waals surface area contributed by atoms with Crippen LogP contribution in [0, 0.1) is 11.2 Å². The Balaban J connectivity index is 1.25. The molecule has 1 aromatic carbocycles. The molecule has 2 aromatic heterocycles. The summed E-state index contributed by atoms with van der Waals surface area (Å²) in [5.41, 5.74) is 1.03. The molecular weight excluding hydrogens is 684 g/mol. The van der Waals surface area contributed by atoms with E-state index in [-0.39, 0.29) is 35.4 Å². The van der Waals surface area contributed by atoms with E-state index in [2.05, 4.69) is 15.4 Å². The van der Waals surface area contributed by atoms with Gasteiger partial charge in [0.1, 0.15) is 22.1 Å². The lowest BCUT2D eigenvalue weighted by Gasteiger charge is -2.48. The highest BCUT2D eigenvalue weighted by molar-refractivity contribution is 7.89. The molecule has 1 N–H and O–H groups in total. The largest absolute Gasteiger partial charge is 0.433 e. The van der Waals surface area contributed by atoms with Gasteiger partial charge >= 0.3 is 6.18 Å². The molecule has 15 heteroatoms. The van der Waals surface area contributed by atoms with E-state index in [1.165, 1.54) is 40.8 Å². The van der Waals surface area contributed by atoms with Crippen molar-refractivity contribution in [3.63, 3.8) is 0 Å². The maximum absolute atomic E-state index is 16.1. The topological polar surface area (TPSA) is 95.5 Å². The minimum atomic E-state index is -4.75. The van der Waals surface area contributed by atoms with Crippen molar-refractivity contribution in [3.8, 4) is 0 Å². The molecule has 4 bridgehead atoms. The van der Waals surface area contributed by atoms with Crippen molar-refractivity contribution in [2.45, 2.75) is 86.5 Å². The zero-order valence-electron chi connectivity index (χ0n) is 26.6. The zero-order valence-corrected chi connectivity index (χ0v) is 27.5. The normalized spacial score (nSPS) is 27.7. The molecule has 3 atom stereocenters. The highest BCUT2D eigenvalue weighted by Crippen LogP contribution is 2.58. The molecule has 0 radical (unpaired) electrons. The minimum Gasteiger partial charge on any atom is -0.291 e. The smallest absolute Gasteiger partial charge is 0.291 e. The fourth-order valence-corrected chi connectivity index (χ4v) is 10.0. The molecule has 3 aromatic rings. The second kappa shape index (κ2) is 11.0. The van der Waals surface area contributed by atoms with Crippen LogP contribution in [0.15, 0.2) is 88.7 Å². The van der Waals surface area contributed by atoms with Gasteiger partial charge in [-0.15, -0.1) is 0 Å². The van der Waals surface area contributed by atoms with Crippen molar-refractivity contribution in [1.82, 2.24) is 19.7 Å². The van der Waals surface area contributed by atoms with Crippen molar-refractivity contribution in [3.05, 3.63) is 107 Å². The van der Waals surface area contributed by atoms with E-state index in [1.807, 2.05) is 6.08 Å². The molecule has 1 spiro atoms. The number of halogens is 6. The molecule has 262 valence electrons. The van der Waals surface area contributed by atoms with Crippen molar-refractivity contribution < 1.29 is 39.6 Å². The number of nitrogens with zero attached hydrogens (tertiary/aromatic N) is 4. The number of rotatable bonds is 5. The van der Waals surface area contributed by atoms with Crippen LogP contribution in [0.5, 0.6) is 0 Å². The molecule has 2 fully saturated rings. The number of hydrazine groups is 1. The Morgan fingerprint density at radius 1 is 1.00 bits per heavy atom. The molecule has 1 unspecified atom stereocenters. The molecule has 5 aliphatic rings. The lowest BCUT2D eigenvalue weighted by Crippen LogP contribution is -2.53. The number of Topliss-reactive ketones (excluding diaryl/α,β-unsaturated/α-hetero) is 1. The number of hydrogen-bond acceptors (Lipinski definition) is 7. The SMILES string of the molecule is CC12CC(F)(F)c3ccnc(c3)C(=O)[C@]34CC1=C(C=C3CC[C@H](N(C1CC1)S(=O)(=O)c1ccc(C(F)(F)F)nc1)C4)N(c1ccc(F)cc1)N2. The maximum Gasteiger partial charge on any atom is 0.433 e. The lowest BCUT2D eigenvalue weighted by atomic mass is 9.58. The number of anilines is 1. The van der Waals surface area contributed by atoms with E-state index < -0.39 is 68.9 Å². The van der Waals surface area contributed by atoms with E-state index in [0.29, 0.717) is 54.1 Å². The van der Waals surface area contributed by atoms with Gasteiger partial charge in [-0.2, -0.15) is 17.5 Å². The third-order valence-electron chi connectivity index (χ3n) is 10.7. The average molecular weight is 716 g/mol. The number of aromatic nitrogens is 2. The molecule has 1 aliphatic heterocycles. The van der Waals surface area contributed by atoms with Crippen LogP contribution in [0.3, 0.4) is 0 Å². The predicted octanol–water partition coefficient (Wildman–Crippen LogP) is 7.07. The van der Waals surface area contributed by atoms with Gasteiger partial charge in [0.2, 0.25) is 10.0 Å². The van der Waals surface area contributed by atoms with Gasteiger partial charge in [0, 0.05) is 36.5 Å². The summed E-state index contributed by atoms with van der Waals surface area (Å²) in [6, 6.07) is 8.24. The van der Waals surface area contributed by atoms with Gasteiger partial charge in [-0.25, -0.2) is 27.0 Å². The number of pyridine rings is 2. The summed E-state index contributed by atoms with van der Waals surface area (Å²) in [5.74, 6) is -4.36. The quantitative estimate of drug-likeness (QED) is 0.283. The Labute approximate surface area is 283 Å². The number of hydrogen-bond donors (Lipinski definition) is 1. The van der Waals surface area contributed by atoms with E-state index >= 15 is 8.78 Å². The number of sulfonamides is 1. The van der Waals surface area contributed by atoms with Crippen molar-refractivity contribution >= 4 is 21.5 Å². The fourth-order valence-electron chi connectivity index (χ4n) is 8.18. The summed E-state index contributed by atoms with van der Waals surface area (Å²) in [6.45, 7) is 1.64. The van der Waals surface area contributed by atoms with E-state index in [0.717, 1.165) is 12.1 Å². The van der Waals surface area contributed by atoms with Crippen LogP contribution >= 0.6 is 0 Å². The summed E-state index contributed by atoms with van der Waals surface area (Å²) >= 11 is 0. The minimum absolute atomic E-state index is 0.00687. The Bertz CT molecular complexity index is 2080. The Hall–Kier alpha value is -4.08. The summed E-state index contributed by atoms with van der Waals surface area (Å²) in [7, 11) is -4.36. The van der Waals surface area contributed by atoms with Crippen LogP contribution < -0.4 is 10.4 Å². The molecule has 3 heterocycles. The molecule has 50 heavy (non-hydrogen) atoms. The first-order valence-electron chi connectivity index (χ1n) is 16.3. The second-order valence-corrected chi connectivity index (χ2v) is 15.9. The molecule has 0 amide bonds. The Kier molecular flexibility index (Phi) is 7.25. The zero-order chi connectivity index (χ0) is 35.4. The summed E-state index contributed by atoms with van der Waals surface area (Å²) in [4.78, 5) is 22.0. The first-order valence-corrected chi connectivity index (χ1v) is 17.7. The molecule has 4 aliphatic carbocycles. The van der Waals surface area contributed by atoms with Crippen LogP contribution in [0.1, 0.15) is 73.6 Å². The molecular formula is C35H31F6N5O3S. The van der Waals surface area contributed by atoms with Gasteiger partial charge in [0.15, 0.2) is 5.78 Å². The van der Waals surface area contributed by atoms with E-state index in [1.54, 1.807) is 11.9 Å². The number of nitrogens with one attached hydrogen (secondary N) is 1. The summed E-state index contributed by atoms with van der Waals surface area (Å²) in [6.07, 6.45) is -0.0694. The molecule has 8 nitrogen and oxygen atoms in total. The van der Waals surface area contributed by atoms with Crippen molar-refractivity contribution in [2.24, 2.45) is 5.41 Å². The Morgan fingerprint density at radius 2 is 1.74 bits per heavy atom. The first kappa shape index (κ1) is 33.1. The Morgan fingerprint density at radius 3 is 2.40 bits per heavy atom. The van der Waals surface area contributed by atoms with E-state index in [4.69, 9.17) is 0 Å². The van der Waals surface area contributed by atoms with Gasteiger partial charge in [-0.3, -0.25) is 19.8 Å². The monoisotopic (exact) mass is 715 g/mol. The van der Waals surface area contributed by atoms with Gasteiger partial charge in [-0.05, 0) is 106 Å². The van der Waals surface area contributed by atoms with Gasteiger partial charge in [0.25, 0.3) is 5.92 Å². The third kappa shape index (κ3) is 5.18. The number of alkyl halides is 5. The molecule has 2 saturated carbocycles. The fraction of sp³-hybridized carbons (Fsp3) is 0.400. The van der Waals surface area contributed by atoms with Crippen LogP contribution in [-0.2, 0) is 22.1 Å². The van der Waals surface area contributed by atoms with Gasteiger partial charge in [-0.1, -0.05) is 5.57 Å². The number of benzene rings is 1. The summed E-state index contributed by atoms with van der Waals surface area (Å²) < 4.78 is 115. The highest BCUT2D eigenvalue weighted by atomic mass is 32.2. The summed E-state index contributed by atoms with van der Waals surface area (Å²) in [5, 5.41) is 1.64. The average Bonchev–Trinajstić information content (AvgIpc) is 3.86. The van der Waals surface area contributed by atoms with Crippen molar-refractivity contribution in [2.75, 3.05) is 5.01 Å². The van der Waals surface area contributed by atoms with Crippen LogP contribution in [-0.4, -0.2) is 46.1 Å². The number of allylic oxidation sites excluding steroid dienone is 2. The lowest BCUT2D eigenvalue weighted by molar-refractivity contribution is -0.141. The van der Waals surface area contributed by atoms with Gasteiger partial charge in [0.05, 0.1) is 22.3 Å².